The molecule has 3 aliphatic heterocycles. The van der Waals surface area contributed by atoms with Gasteiger partial charge in [0.25, 0.3) is 0 Å². The van der Waals surface area contributed by atoms with Gasteiger partial charge in [-0.05, 0) is 43.1 Å². The second-order valence-electron chi connectivity index (χ2n) is 12.4. The van der Waals surface area contributed by atoms with E-state index in [4.69, 9.17) is 9.47 Å². The Kier molecular flexibility index (Phi) is 11.4. The minimum Gasteiger partial charge on any atom is -0.377 e. The Bertz CT molecular complexity index is 1100. The summed E-state index contributed by atoms with van der Waals surface area (Å²) in [6.45, 7) is 3.06. The highest BCUT2D eigenvalue weighted by molar-refractivity contribution is 5.88. The second kappa shape index (κ2) is 15.6. The van der Waals surface area contributed by atoms with Crippen LogP contribution in [0.3, 0.4) is 0 Å². The van der Waals surface area contributed by atoms with Gasteiger partial charge in [-0.2, -0.15) is 0 Å². The van der Waals surface area contributed by atoms with Crippen molar-refractivity contribution >= 4 is 23.6 Å². The Morgan fingerprint density at radius 1 is 0.930 bits per heavy atom. The summed E-state index contributed by atoms with van der Waals surface area (Å²) in [5, 5.41) is 9.68. The molecule has 4 fully saturated rings. The van der Waals surface area contributed by atoms with E-state index in [1.807, 2.05) is 30.3 Å². The van der Waals surface area contributed by atoms with Gasteiger partial charge >= 0.3 is 0 Å². The number of benzene rings is 1. The smallest absolute Gasteiger partial charge is 0.248 e. The third-order valence-electron chi connectivity index (χ3n) is 9.35. The van der Waals surface area contributed by atoms with Gasteiger partial charge in [0.15, 0.2) is 0 Å². The Morgan fingerprint density at radius 2 is 1.72 bits per heavy atom. The fourth-order valence-corrected chi connectivity index (χ4v) is 7.00. The molecule has 11 nitrogen and oxygen atoms in total. The number of amides is 4. The van der Waals surface area contributed by atoms with E-state index in [0.717, 1.165) is 18.4 Å². The van der Waals surface area contributed by atoms with Gasteiger partial charge < -0.3 is 35.2 Å². The molecule has 0 spiro atoms. The van der Waals surface area contributed by atoms with E-state index in [1.165, 1.54) is 12.8 Å². The van der Waals surface area contributed by atoms with E-state index in [2.05, 4.69) is 16.0 Å². The maximum atomic E-state index is 14.0. The minimum atomic E-state index is -0.556. The van der Waals surface area contributed by atoms with Crippen molar-refractivity contribution < 1.29 is 28.7 Å². The first-order valence-electron chi connectivity index (χ1n) is 16.0. The zero-order valence-corrected chi connectivity index (χ0v) is 25.1. The van der Waals surface area contributed by atoms with Crippen LogP contribution in [0, 0.1) is 11.8 Å². The van der Waals surface area contributed by atoms with Crippen LogP contribution < -0.4 is 16.0 Å². The summed E-state index contributed by atoms with van der Waals surface area (Å²) in [6.07, 6.45) is 6.34. The monoisotopic (exact) mass is 597 g/mol. The first-order valence-corrected chi connectivity index (χ1v) is 16.0. The normalized spacial score (nSPS) is 28.3. The van der Waals surface area contributed by atoms with Gasteiger partial charge in [-0.3, -0.25) is 19.2 Å². The van der Waals surface area contributed by atoms with Crippen LogP contribution in [0.5, 0.6) is 0 Å². The summed E-state index contributed by atoms with van der Waals surface area (Å²) in [5.74, 6) is -0.690. The summed E-state index contributed by atoms with van der Waals surface area (Å²) in [7, 11) is 0. The second-order valence-corrected chi connectivity index (χ2v) is 12.4. The van der Waals surface area contributed by atoms with Gasteiger partial charge in [-0.25, -0.2) is 0 Å². The summed E-state index contributed by atoms with van der Waals surface area (Å²) in [4.78, 5) is 56.8. The van der Waals surface area contributed by atoms with E-state index in [0.29, 0.717) is 64.8 Å². The van der Waals surface area contributed by atoms with E-state index < -0.39 is 6.04 Å². The lowest BCUT2D eigenvalue weighted by Gasteiger charge is -2.39. The molecule has 4 amide bonds. The molecule has 1 aromatic rings. The van der Waals surface area contributed by atoms with Gasteiger partial charge in [0.05, 0.1) is 19.8 Å². The highest BCUT2D eigenvalue weighted by Crippen LogP contribution is 2.32. The summed E-state index contributed by atoms with van der Waals surface area (Å²) >= 11 is 0. The molecular formula is C32H47N5O6. The lowest BCUT2D eigenvalue weighted by Crippen LogP contribution is -2.50. The molecule has 4 atom stereocenters. The lowest BCUT2D eigenvalue weighted by atomic mass is 9.80. The predicted molar refractivity (Wildman–Crippen MR) is 160 cm³/mol. The molecule has 1 saturated carbocycles. The molecule has 3 saturated heterocycles. The number of carbonyl (C=O) groups excluding carboxylic acids is 4. The molecule has 3 N–H and O–H groups in total. The number of carbonyl (C=O) groups is 4. The number of fused-ring (bicyclic) bond motifs is 3. The van der Waals surface area contributed by atoms with Crippen molar-refractivity contribution in [3.63, 3.8) is 0 Å². The first-order chi connectivity index (χ1) is 21.0. The van der Waals surface area contributed by atoms with Crippen molar-refractivity contribution in [2.75, 3.05) is 52.6 Å². The Hall–Kier alpha value is -3.02. The van der Waals surface area contributed by atoms with Crippen molar-refractivity contribution in [1.29, 1.82) is 0 Å². The fourth-order valence-electron chi connectivity index (χ4n) is 7.00. The van der Waals surface area contributed by atoms with Gasteiger partial charge in [-0.15, -0.1) is 0 Å². The SMILES string of the molecule is O=C(C[C@@H]1CCN2C[C@@H]1CC(=O)N1C[C@@H](NC3CCCC3)C[C@H]1C(=O)NCCOCCOCC2=O)NCc1ccccc1. The number of nitrogens with one attached hydrogen (secondary N) is 3. The van der Waals surface area contributed by atoms with Gasteiger partial charge in [0, 0.05) is 57.6 Å². The first kappa shape index (κ1) is 31.4. The molecule has 5 rings (SSSR count). The van der Waals surface area contributed by atoms with Gasteiger partial charge in [-0.1, -0.05) is 43.2 Å². The van der Waals surface area contributed by atoms with Crippen molar-refractivity contribution in [1.82, 2.24) is 25.8 Å². The number of hydrogen-bond acceptors (Lipinski definition) is 7. The molecule has 0 unspecified atom stereocenters. The van der Waals surface area contributed by atoms with Gasteiger partial charge in [0.2, 0.25) is 23.6 Å². The number of piperidine rings is 1. The average molecular weight is 598 g/mol. The van der Waals surface area contributed by atoms with Crippen LogP contribution in [0.2, 0.25) is 0 Å². The van der Waals surface area contributed by atoms with Crippen LogP contribution in [0.25, 0.3) is 0 Å². The van der Waals surface area contributed by atoms with Gasteiger partial charge in [0.1, 0.15) is 12.6 Å². The van der Waals surface area contributed by atoms with Crippen LogP contribution >= 0.6 is 0 Å². The Balaban J connectivity index is 1.29. The van der Waals surface area contributed by atoms with Crippen LogP contribution in [-0.4, -0.2) is 104 Å². The molecular weight excluding hydrogens is 550 g/mol. The Morgan fingerprint density at radius 3 is 2.53 bits per heavy atom. The lowest BCUT2D eigenvalue weighted by molar-refractivity contribution is -0.143. The quantitative estimate of drug-likeness (QED) is 0.450. The topological polar surface area (TPSA) is 129 Å². The largest absolute Gasteiger partial charge is 0.377 e. The highest BCUT2D eigenvalue weighted by atomic mass is 16.5. The van der Waals surface area contributed by atoms with Crippen molar-refractivity contribution in [2.45, 2.75) is 76.0 Å². The van der Waals surface area contributed by atoms with Crippen LogP contribution in [0.4, 0.5) is 0 Å². The molecule has 4 aliphatic rings. The van der Waals surface area contributed by atoms with E-state index in [9.17, 15) is 19.2 Å². The zero-order chi connectivity index (χ0) is 30.0. The van der Waals surface area contributed by atoms with Crippen molar-refractivity contribution in [2.24, 2.45) is 11.8 Å². The number of rotatable bonds is 6. The Labute approximate surface area is 254 Å². The molecule has 11 heteroatoms. The molecule has 1 aliphatic carbocycles. The standard InChI is InChI=1S/C32H47N5O6/c38-29(34-19-23-6-2-1-3-7-23)16-24-10-12-36-20-25(24)17-30(39)37-21-27(35-26-8-4-5-9-26)18-28(37)32(41)33-11-13-42-14-15-43-22-31(36)40/h1-3,6-7,24-28,35H,4-5,8-22H2,(H,33,41)(H,34,38)/t24-,25-,27-,28-/m0/s1. The number of hydrogen-bond donors (Lipinski definition) is 3. The third kappa shape index (κ3) is 9.00. The van der Waals surface area contributed by atoms with Crippen molar-refractivity contribution in [3.8, 4) is 0 Å². The summed E-state index contributed by atoms with van der Waals surface area (Å²) in [5.41, 5.74) is 1.02. The number of ether oxygens (including phenoxy) is 2. The maximum absolute atomic E-state index is 14.0. The summed E-state index contributed by atoms with van der Waals surface area (Å²) < 4.78 is 11.1. The molecule has 236 valence electrons. The molecule has 0 aromatic heterocycles. The van der Waals surface area contributed by atoms with Crippen LogP contribution in [0.15, 0.2) is 30.3 Å². The van der Waals surface area contributed by atoms with E-state index in [1.54, 1.807) is 9.80 Å². The van der Waals surface area contributed by atoms with Crippen LogP contribution in [-0.2, 0) is 35.2 Å². The number of nitrogens with zero attached hydrogens (tertiary/aromatic N) is 2. The molecule has 2 bridgehead atoms. The van der Waals surface area contributed by atoms with Crippen LogP contribution in [0.1, 0.15) is 56.9 Å². The maximum Gasteiger partial charge on any atom is 0.248 e. The fraction of sp³-hybridized carbons (Fsp3) is 0.688. The zero-order valence-electron chi connectivity index (χ0n) is 25.1. The van der Waals surface area contributed by atoms with E-state index in [-0.39, 0.29) is 67.6 Å². The average Bonchev–Trinajstić information content (AvgIpc) is 3.69. The molecule has 3 heterocycles. The minimum absolute atomic E-state index is 0.0499. The highest BCUT2D eigenvalue weighted by Gasteiger charge is 2.42. The van der Waals surface area contributed by atoms with Crippen molar-refractivity contribution in [3.05, 3.63) is 35.9 Å². The molecule has 1 aromatic carbocycles. The van der Waals surface area contributed by atoms with E-state index >= 15 is 0 Å². The molecule has 43 heavy (non-hydrogen) atoms. The summed E-state index contributed by atoms with van der Waals surface area (Å²) in [6, 6.07) is 9.70. The predicted octanol–water partition coefficient (Wildman–Crippen LogP) is 1.21. The third-order valence-corrected chi connectivity index (χ3v) is 9.35. The molecule has 0 radical (unpaired) electrons.